The molecule has 6 nitrogen and oxygen atoms in total. The molecule has 0 fully saturated rings. The molecule has 0 saturated carbocycles. The summed E-state index contributed by atoms with van der Waals surface area (Å²) < 4.78 is 23.8. The molecule has 0 amide bonds. The Morgan fingerprint density at radius 1 is 0.566 bits per heavy atom. The van der Waals surface area contributed by atoms with E-state index in [2.05, 4.69) is 141 Å². The first-order chi connectivity index (χ1) is 25.3. The van der Waals surface area contributed by atoms with Gasteiger partial charge >= 0.3 is 0 Å². The Balaban J connectivity index is 0.00000481. The van der Waals surface area contributed by atoms with Gasteiger partial charge in [0.05, 0.1) is 60.1 Å². The number of aryl methyl sites for hydroxylation is 1. The van der Waals surface area contributed by atoms with Crippen molar-refractivity contribution in [1.82, 2.24) is 8.75 Å². The summed E-state index contributed by atoms with van der Waals surface area (Å²) in [5.74, 6) is 1.64. The molecule has 0 unspecified atom stereocenters. The largest absolute Gasteiger partial charge is 0.497 e. The van der Waals surface area contributed by atoms with Crippen LogP contribution in [0.15, 0.2) is 140 Å². The highest BCUT2D eigenvalue weighted by Crippen LogP contribution is 2.40. The highest BCUT2D eigenvalue weighted by Gasteiger charge is 2.19. The lowest BCUT2D eigenvalue weighted by Gasteiger charge is -2.22. The number of fused-ring (bicyclic) bond motifs is 1. The number of ether oxygens (including phenoxy) is 2. The molecule has 268 valence electrons. The third-order valence-electron chi connectivity index (χ3n) is 9.42. The quantitative estimate of drug-likeness (QED) is 0.0704. The standard InChI is InChI=1S/C45H44N4O2S.BrH/c1-49(2,3)31-9-28-48-29-26-33(27-30-48)41-25-24-40(44-45(41)47-52-46-44)32-12-14-35(15-13-32)43(37-18-22-39(51-5)23-19-37)42(34-10-7-6-8-11-34)36-16-20-38(50-4)21-17-36;/h6-8,10-27,29-30H,9,28,31H2,1-5H3;1H/q+2;. The molecule has 0 aliphatic rings. The Labute approximate surface area is 327 Å². The number of hydrogen-bond acceptors (Lipinski definition) is 5. The van der Waals surface area contributed by atoms with Crippen molar-refractivity contribution in [3.8, 4) is 33.8 Å². The van der Waals surface area contributed by atoms with Crippen molar-refractivity contribution >= 4 is 50.9 Å². The molecule has 5 aromatic carbocycles. The van der Waals surface area contributed by atoms with Gasteiger partial charge in [0.1, 0.15) is 22.5 Å². The number of halogens is 1. The lowest BCUT2D eigenvalue weighted by molar-refractivity contribution is -0.873. The molecule has 2 aromatic heterocycles. The van der Waals surface area contributed by atoms with Gasteiger partial charge in [-0.3, -0.25) is 0 Å². The second-order valence-electron chi connectivity index (χ2n) is 14.0. The van der Waals surface area contributed by atoms with Crippen LogP contribution >= 0.6 is 28.7 Å². The number of aromatic nitrogens is 3. The van der Waals surface area contributed by atoms with E-state index in [1.54, 1.807) is 14.2 Å². The van der Waals surface area contributed by atoms with E-state index in [1.807, 2.05) is 24.3 Å². The monoisotopic (exact) mass is 784 g/mol. The maximum atomic E-state index is 5.53. The molecule has 0 N–H and O–H groups in total. The van der Waals surface area contributed by atoms with Crippen LogP contribution in [0, 0.1) is 0 Å². The van der Waals surface area contributed by atoms with Crippen LogP contribution in [0.2, 0.25) is 0 Å². The second-order valence-corrected chi connectivity index (χ2v) is 14.5. The first kappa shape index (κ1) is 37.6. The van der Waals surface area contributed by atoms with Crippen molar-refractivity contribution < 1.29 is 18.5 Å². The number of quaternary nitrogens is 1. The lowest BCUT2D eigenvalue weighted by atomic mass is 9.85. The average Bonchev–Trinajstić information content (AvgIpc) is 3.68. The van der Waals surface area contributed by atoms with E-state index in [-0.39, 0.29) is 17.0 Å². The first-order valence-electron chi connectivity index (χ1n) is 17.6. The SMILES string of the molecule is Br.COc1ccc(C(=C(c2ccc(OC)cc2)c2ccc(-c3ccc(-c4cc[n+](CCC[N+](C)(C)C)cc4)c4nsnc34)cc2)c2ccccc2)cc1. The van der Waals surface area contributed by atoms with Gasteiger partial charge in [0.2, 0.25) is 0 Å². The Bertz CT molecular complexity index is 2300. The summed E-state index contributed by atoms with van der Waals surface area (Å²) in [5, 5.41) is 0. The van der Waals surface area contributed by atoms with E-state index in [1.165, 1.54) is 11.7 Å². The fourth-order valence-corrected chi connectivity index (χ4v) is 7.27. The third-order valence-corrected chi connectivity index (χ3v) is 9.95. The van der Waals surface area contributed by atoms with Gasteiger partial charge in [0.25, 0.3) is 0 Å². The zero-order chi connectivity index (χ0) is 36.1. The molecular weight excluding hydrogens is 740 g/mol. The van der Waals surface area contributed by atoms with Crippen LogP contribution in [0.4, 0.5) is 0 Å². The van der Waals surface area contributed by atoms with Crippen LogP contribution in [0.25, 0.3) is 44.4 Å². The molecule has 0 spiro atoms. The lowest BCUT2D eigenvalue weighted by Crippen LogP contribution is -2.39. The van der Waals surface area contributed by atoms with Gasteiger partial charge in [-0.25, -0.2) is 4.57 Å². The van der Waals surface area contributed by atoms with E-state index in [9.17, 15) is 0 Å². The zero-order valence-electron chi connectivity index (χ0n) is 30.8. The summed E-state index contributed by atoms with van der Waals surface area (Å²) in [6, 6.07) is 44.8. The zero-order valence-corrected chi connectivity index (χ0v) is 33.4. The van der Waals surface area contributed by atoms with E-state index in [0.29, 0.717) is 0 Å². The summed E-state index contributed by atoms with van der Waals surface area (Å²) in [5.41, 5.74) is 12.9. The molecule has 8 heteroatoms. The normalized spacial score (nSPS) is 11.9. The van der Waals surface area contributed by atoms with E-state index in [4.69, 9.17) is 18.2 Å². The highest BCUT2D eigenvalue weighted by atomic mass is 79.9. The van der Waals surface area contributed by atoms with E-state index >= 15 is 0 Å². The van der Waals surface area contributed by atoms with Crippen molar-refractivity contribution in [2.24, 2.45) is 0 Å². The van der Waals surface area contributed by atoms with Gasteiger partial charge in [-0.1, -0.05) is 91.0 Å². The number of methoxy groups -OCH3 is 2. The fraction of sp³-hybridized carbons (Fsp3) is 0.178. The first-order valence-corrected chi connectivity index (χ1v) is 18.3. The second kappa shape index (κ2) is 16.7. The Kier molecular flexibility index (Phi) is 11.8. The molecule has 0 atom stereocenters. The van der Waals surface area contributed by atoms with Crippen molar-refractivity contribution in [1.29, 1.82) is 0 Å². The molecule has 0 aliphatic heterocycles. The molecule has 0 saturated heterocycles. The predicted molar refractivity (Wildman–Crippen MR) is 224 cm³/mol. The minimum atomic E-state index is 0. The van der Waals surface area contributed by atoms with E-state index < -0.39 is 0 Å². The van der Waals surface area contributed by atoms with Crippen molar-refractivity contribution in [2.75, 3.05) is 41.9 Å². The minimum absolute atomic E-state index is 0. The van der Waals surface area contributed by atoms with Gasteiger partial charge < -0.3 is 14.0 Å². The number of benzene rings is 5. The smallest absolute Gasteiger partial charge is 0.169 e. The predicted octanol–water partition coefficient (Wildman–Crippen LogP) is 10.0. The number of nitrogens with zero attached hydrogens (tertiary/aromatic N) is 4. The van der Waals surface area contributed by atoms with Gasteiger partial charge in [0.15, 0.2) is 18.9 Å². The van der Waals surface area contributed by atoms with Gasteiger partial charge in [-0.05, 0) is 68.8 Å². The Morgan fingerprint density at radius 3 is 1.45 bits per heavy atom. The van der Waals surface area contributed by atoms with Crippen molar-refractivity contribution in [2.45, 2.75) is 13.0 Å². The molecule has 2 heterocycles. The van der Waals surface area contributed by atoms with Gasteiger partial charge in [-0.15, -0.1) is 17.0 Å². The molecule has 7 aromatic rings. The third kappa shape index (κ3) is 8.57. The van der Waals surface area contributed by atoms with Crippen LogP contribution in [0.5, 0.6) is 11.5 Å². The number of rotatable bonds is 12. The minimum Gasteiger partial charge on any atom is -0.497 e. The molecule has 0 radical (unpaired) electrons. The fourth-order valence-electron chi connectivity index (χ4n) is 6.69. The van der Waals surface area contributed by atoms with Gasteiger partial charge in [0, 0.05) is 23.3 Å². The Hall–Kier alpha value is -5.15. The Morgan fingerprint density at radius 2 is 1.00 bits per heavy atom. The summed E-state index contributed by atoms with van der Waals surface area (Å²) in [7, 11) is 10.1. The molecule has 0 aliphatic carbocycles. The molecule has 53 heavy (non-hydrogen) atoms. The topological polar surface area (TPSA) is 48.1 Å². The van der Waals surface area contributed by atoms with Crippen molar-refractivity contribution in [3.63, 3.8) is 0 Å². The maximum Gasteiger partial charge on any atom is 0.169 e. The van der Waals surface area contributed by atoms with Gasteiger partial charge in [-0.2, -0.15) is 8.75 Å². The molecule has 0 bridgehead atoms. The van der Waals surface area contributed by atoms with E-state index in [0.717, 1.165) is 102 Å². The van der Waals surface area contributed by atoms with Crippen LogP contribution in [-0.2, 0) is 6.54 Å². The van der Waals surface area contributed by atoms with Crippen molar-refractivity contribution in [3.05, 3.63) is 162 Å². The van der Waals surface area contributed by atoms with Crippen LogP contribution in [0.1, 0.15) is 28.7 Å². The highest BCUT2D eigenvalue weighted by molar-refractivity contribution is 8.93. The summed E-state index contributed by atoms with van der Waals surface area (Å²) in [4.78, 5) is 0. The summed E-state index contributed by atoms with van der Waals surface area (Å²) in [6.45, 7) is 2.14. The molecular formula is C45H45BrN4O2S+2. The van der Waals surface area contributed by atoms with Crippen LogP contribution in [-0.4, -0.2) is 55.1 Å². The van der Waals surface area contributed by atoms with Crippen LogP contribution < -0.4 is 14.0 Å². The number of hydrogen-bond donors (Lipinski definition) is 0. The molecule has 7 rings (SSSR count). The van der Waals surface area contributed by atoms with Crippen LogP contribution in [0.3, 0.4) is 0 Å². The maximum absolute atomic E-state index is 5.53. The number of pyridine rings is 1. The average molecular weight is 786 g/mol. The summed E-state index contributed by atoms with van der Waals surface area (Å²) >= 11 is 1.26. The summed E-state index contributed by atoms with van der Waals surface area (Å²) in [6.07, 6.45) is 5.48.